The molecular formula is C13H15ClN2O4. The molecule has 0 aromatic heterocycles. The largest absolute Gasteiger partial charge is 0.394 e. The summed E-state index contributed by atoms with van der Waals surface area (Å²) in [6.07, 6.45) is 2.45. The zero-order valence-corrected chi connectivity index (χ0v) is 11.5. The minimum absolute atomic E-state index is 0.0615. The predicted octanol–water partition coefficient (Wildman–Crippen LogP) is 2.24. The minimum Gasteiger partial charge on any atom is -0.394 e. The fourth-order valence-electron chi connectivity index (χ4n) is 2.48. The average Bonchev–Trinajstić information content (AvgIpc) is 2.46. The fourth-order valence-corrected chi connectivity index (χ4v) is 2.73. The SMILES string of the molecule is O=C(c1c(Cl)cccc1[N+](=O)[O-])N1CCCCC1CO. The van der Waals surface area contributed by atoms with Gasteiger partial charge in [-0.3, -0.25) is 14.9 Å². The van der Waals surface area contributed by atoms with E-state index in [1.807, 2.05) is 0 Å². The number of aliphatic hydroxyl groups excluding tert-OH is 1. The Hall–Kier alpha value is -1.66. The fraction of sp³-hybridized carbons (Fsp3) is 0.462. The number of hydrogen-bond donors (Lipinski definition) is 1. The number of rotatable bonds is 3. The molecule has 1 aromatic rings. The second kappa shape index (κ2) is 6.19. The lowest BCUT2D eigenvalue weighted by atomic mass is 10.0. The minimum atomic E-state index is -0.614. The summed E-state index contributed by atoms with van der Waals surface area (Å²) in [5.41, 5.74) is -0.399. The van der Waals surface area contributed by atoms with Crippen LogP contribution in [0.25, 0.3) is 0 Å². The van der Waals surface area contributed by atoms with Crippen LogP contribution in [-0.4, -0.2) is 40.0 Å². The second-order valence-electron chi connectivity index (χ2n) is 4.72. The van der Waals surface area contributed by atoms with Crippen LogP contribution in [0.5, 0.6) is 0 Å². The van der Waals surface area contributed by atoms with Crippen molar-refractivity contribution in [1.29, 1.82) is 0 Å². The monoisotopic (exact) mass is 298 g/mol. The summed E-state index contributed by atoms with van der Waals surface area (Å²) in [7, 11) is 0. The van der Waals surface area contributed by atoms with Crippen LogP contribution in [0, 0.1) is 10.1 Å². The Morgan fingerprint density at radius 2 is 2.25 bits per heavy atom. The zero-order valence-electron chi connectivity index (χ0n) is 10.8. The Morgan fingerprint density at radius 3 is 2.90 bits per heavy atom. The van der Waals surface area contributed by atoms with Gasteiger partial charge in [-0.1, -0.05) is 17.7 Å². The summed E-state index contributed by atoms with van der Waals surface area (Å²) in [6.45, 7) is 0.330. The van der Waals surface area contributed by atoms with Crippen molar-refractivity contribution in [2.45, 2.75) is 25.3 Å². The van der Waals surface area contributed by atoms with E-state index < -0.39 is 10.8 Å². The van der Waals surface area contributed by atoms with Crippen molar-refractivity contribution in [2.75, 3.05) is 13.2 Å². The highest BCUT2D eigenvalue weighted by Gasteiger charge is 2.32. The van der Waals surface area contributed by atoms with E-state index in [9.17, 15) is 20.0 Å². The third kappa shape index (κ3) is 2.76. The first-order valence-electron chi connectivity index (χ1n) is 6.41. The van der Waals surface area contributed by atoms with E-state index in [1.165, 1.54) is 23.1 Å². The lowest BCUT2D eigenvalue weighted by molar-refractivity contribution is -0.385. The van der Waals surface area contributed by atoms with Gasteiger partial charge in [0.25, 0.3) is 11.6 Å². The molecule has 1 N–H and O–H groups in total. The predicted molar refractivity (Wildman–Crippen MR) is 73.9 cm³/mol. The molecule has 0 spiro atoms. The number of carbonyl (C=O) groups is 1. The molecule has 0 bridgehead atoms. The zero-order chi connectivity index (χ0) is 14.7. The number of piperidine rings is 1. The van der Waals surface area contributed by atoms with Gasteiger partial charge in [-0.25, -0.2) is 0 Å². The Morgan fingerprint density at radius 1 is 1.50 bits per heavy atom. The van der Waals surface area contributed by atoms with Gasteiger partial charge < -0.3 is 10.0 Å². The number of aliphatic hydroxyl groups is 1. The second-order valence-corrected chi connectivity index (χ2v) is 5.13. The highest BCUT2D eigenvalue weighted by Crippen LogP contribution is 2.29. The molecule has 1 aliphatic heterocycles. The lowest BCUT2D eigenvalue weighted by Gasteiger charge is -2.34. The van der Waals surface area contributed by atoms with Gasteiger partial charge in [-0.15, -0.1) is 0 Å². The van der Waals surface area contributed by atoms with Gasteiger partial charge in [0.05, 0.1) is 22.6 Å². The first-order valence-corrected chi connectivity index (χ1v) is 6.78. The van der Waals surface area contributed by atoms with Gasteiger partial charge in [0.2, 0.25) is 0 Å². The first kappa shape index (κ1) is 14.7. The van der Waals surface area contributed by atoms with Gasteiger partial charge in [0.1, 0.15) is 5.56 Å². The van der Waals surface area contributed by atoms with Crippen molar-refractivity contribution in [3.05, 3.63) is 38.9 Å². The molecule has 1 fully saturated rings. The average molecular weight is 299 g/mol. The molecule has 1 atom stereocenters. The number of carbonyl (C=O) groups excluding carboxylic acids is 1. The van der Waals surface area contributed by atoms with Crippen molar-refractivity contribution in [1.82, 2.24) is 4.90 Å². The van der Waals surface area contributed by atoms with Crippen LogP contribution in [-0.2, 0) is 0 Å². The van der Waals surface area contributed by atoms with Crippen molar-refractivity contribution in [2.24, 2.45) is 0 Å². The molecule has 1 aliphatic rings. The number of halogens is 1. The summed E-state index contributed by atoms with van der Waals surface area (Å²) < 4.78 is 0. The van der Waals surface area contributed by atoms with Gasteiger partial charge in [0, 0.05) is 12.6 Å². The van der Waals surface area contributed by atoms with Crippen molar-refractivity contribution in [3.8, 4) is 0 Å². The van der Waals surface area contributed by atoms with Gasteiger partial charge in [-0.05, 0) is 25.3 Å². The number of likely N-dealkylation sites (tertiary alicyclic amines) is 1. The maximum atomic E-state index is 12.5. The lowest BCUT2D eigenvalue weighted by Crippen LogP contribution is -2.45. The van der Waals surface area contributed by atoms with Crippen LogP contribution < -0.4 is 0 Å². The molecule has 108 valence electrons. The standard InChI is InChI=1S/C13H15ClN2O4/c14-10-5-3-6-11(16(19)20)12(10)13(18)15-7-2-1-4-9(15)8-17/h3,5-6,9,17H,1-2,4,7-8H2. The van der Waals surface area contributed by atoms with Crippen molar-refractivity contribution >= 4 is 23.2 Å². The van der Waals surface area contributed by atoms with E-state index in [-0.39, 0.29) is 28.9 Å². The van der Waals surface area contributed by atoms with E-state index in [4.69, 9.17) is 11.6 Å². The van der Waals surface area contributed by atoms with Crippen LogP contribution in [0.15, 0.2) is 18.2 Å². The van der Waals surface area contributed by atoms with Gasteiger partial charge >= 0.3 is 0 Å². The molecule has 1 unspecified atom stereocenters. The summed E-state index contributed by atoms with van der Waals surface area (Å²) in [5, 5.41) is 20.4. The van der Waals surface area contributed by atoms with E-state index in [1.54, 1.807) is 0 Å². The molecule has 0 saturated carbocycles. The number of nitrogens with zero attached hydrogens (tertiary/aromatic N) is 2. The summed E-state index contributed by atoms with van der Waals surface area (Å²) in [4.78, 5) is 24.4. The van der Waals surface area contributed by atoms with E-state index in [0.29, 0.717) is 13.0 Å². The van der Waals surface area contributed by atoms with Crippen LogP contribution in [0.1, 0.15) is 29.6 Å². The molecule has 20 heavy (non-hydrogen) atoms. The maximum absolute atomic E-state index is 12.5. The van der Waals surface area contributed by atoms with Crippen LogP contribution in [0.2, 0.25) is 5.02 Å². The molecule has 0 aliphatic carbocycles. The third-order valence-corrected chi connectivity index (χ3v) is 3.82. The molecule has 1 saturated heterocycles. The van der Waals surface area contributed by atoms with E-state index in [0.717, 1.165) is 12.8 Å². The summed E-state index contributed by atoms with van der Waals surface area (Å²) in [5.74, 6) is -0.485. The molecule has 1 amide bonds. The topological polar surface area (TPSA) is 83.7 Å². The number of amides is 1. The summed E-state index contributed by atoms with van der Waals surface area (Å²) in [6, 6.07) is 3.86. The van der Waals surface area contributed by atoms with Crippen LogP contribution >= 0.6 is 11.6 Å². The number of hydrogen-bond acceptors (Lipinski definition) is 4. The van der Waals surface area contributed by atoms with Crippen molar-refractivity contribution < 1.29 is 14.8 Å². The third-order valence-electron chi connectivity index (χ3n) is 3.50. The molecule has 2 rings (SSSR count). The summed E-state index contributed by atoms with van der Waals surface area (Å²) >= 11 is 5.96. The molecule has 7 heteroatoms. The molecule has 6 nitrogen and oxygen atoms in total. The first-order chi connectivity index (χ1) is 9.56. The normalized spacial score (nSPS) is 18.9. The Bertz CT molecular complexity index is 535. The Labute approximate surface area is 121 Å². The van der Waals surface area contributed by atoms with Crippen LogP contribution in [0.4, 0.5) is 5.69 Å². The smallest absolute Gasteiger partial charge is 0.283 e. The van der Waals surface area contributed by atoms with E-state index in [2.05, 4.69) is 0 Å². The highest BCUT2D eigenvalue weighted by molar-refractivity contribution is 6.34. The Kier molecular flexibility index (Phi) is 4.57. The van der Waals surface area contributed by atoms with Gasteiger partial charge in [0.15, 0.2) is 0 Å². The number of benzene rings is 1. The molecule has 0 radical (unpaired) electrons. The van der Waals surface area contributed by atoms with E-state index >= 15 is 0 Å². The molecular weight excluding hydrogens is 284 g/mol. The Balaban J connectivity index is 2.40. The van der Waals surface area contributed by atoms with Crippen LogP contribution in [0.3, 0.4) is 0 Å². The highest BCUT2D eigenvalue weighted by atomic mass is 35.5. The molecule has 1 heterocycles. The molecule has 1 aromatic carbocycles. The quantitative estimate of drug-likeness (QED) is 0.685. The van der Waals surface area contributed by atoms with Gasteiger partial charge in [-0.2, -0.15) is 0 Å². The number of nitro groups is 1. The van der Waals surface area contributed by atoms with Crippen molar-refractivity contribution in [3.63, 3.8) is 0 Å². The maximum Gasteiger partial charge on any atom is 0.283 e. The number of nitro benzene ring substituents is 1.